The molecule has 1 aromatic rings. The maximum atomic E-state index is 13.8. The fourth-order valence-electron chi connectivity index (χ4n) is 3.06. The Kier molecular flexibility index (Phi) is 5.51. The highest BCUT2D eigenvalue weighted by atomic mass is 19.3. The van der Waals surface area contributed by atoms with E-state index in [-0.39, 0.29) is 18.4 Å². The number of hydrogen-bond donors (Lipinski definition) is 1. The predicted octanol–water partition coefficient (Wildman–Crippen LogP) is 3.72. The molecule has 1 aromatic carbocycles. The molecule has 0 unspecified atom stereocenters. The first-order chi connectivity index (χ1) is 13.6. The fourth-order valence-corrected chi connectivity index (χ4v) is 3.06. The van der Waals surface area contributed by atoms with Gasteiger partial charge in [0.1, 0.15) is 5.84 Å². The molecule has 0 saturated carbocycles. The Balaban J connectivity index is 1.88. The number of halogens is 2. The second kappa shape index (κ2) is 7.74. The number of aliphatic imine (C=N–C) groups is 2. The van der Waals surface area contributed by atoms with Crippen LogP contribution in [0, 0.1) is 16.7 Å². The highest BCUT2D eigenvalue weighted by molar-refractivity contribution is 6.49. The zero-order chi connectivity index (χ0) is 21.2. The smallest absolute Gasteiger partial charge is 0.266 e. The molecule has 2 heterocycles. The summed E-state index contributed by atoms with van der Waals surface area (Å²) in [6.45, 7) is 9.92. The molecule has 0 atom stereocenters. The molecular formula is C21H24F2N6. The Bertz CT molecular complexity index is 947. The van der Waals surface area contributed by atoms with Gasteiger partial charge in [-0.1, -0.05) is 45.5 Å². The molecule has 8 heteroatoms. The second-order valence-electron chi connectivity index (χ2n) is 8.16. The number of nitriles is 1. The molecule has 1 fully saturated rings. The van der Waals surface area contributed by atoms with E-state index in [1.165, 1.54) is 4.90 Å². The van der Waals surface area contributed by atoms with E-state index < -0.39 is 12.5 Å². The number of benzene rings is 1. The Morgan fingerprint density at radius 3 is 2.66 bits per heavy atom. The van der Waals surface area contributed by atoms with E-state index in [9.17, 15) is 14.0 Å². The molecule has 1 N–H and O–H groups in total. The second-order valence-corrected chi connectivity index (χ2v) is 8.16. The summed E-state index contributed by atoms with van der Waals surface area (Å²) in [6.07, 6.45) is -0.225. The maximum absolute atomic E-state index is 13.8. The van der Waals surface area contributed by atoms with Gasteiger partial charge in [-0.2, -0.15) is 10.4 Å². The summed E-state index contributed by atoms with van der Waals surface area (Å²) in [5, 5.41) is 13.6. The van der Waals surface area contributed by atoms with Gasteiger partial charge in [-0.3, -0.25) is 0 Å². The minimum Gasteiger partial charge on any atom is -0.348 e. The lowest BCUT2D eigenvalue weighted by Crippen LogP contribution is -2.41. The van der Waals surface area contributed by atoms with Crippen LogP contribution >= 0.6 is 0 Å². The molecule has 152 valence electrons. The number of likely N-dealkylation sites (tertiary alicyclic amines) is 1. The number of amidine groups is 2. The lowest BCUT2D eigenvalue weighted by molar-refractivity contribution is 0.0177. The van der Waals surface area contributed by atoms with E-state index in [0.29, 0.717) is 35.2 Å². The van der Waals surface area contributed by atoms with Crippen molar-refractivity contribution in [2.75, 3.05) is 13.1 Å². The molecule has 6 nitrogen and oxygen atoms in total. The quantitative estimate of drug-likeness (QED) is 0.789. The number of alkyl halides is 2. The van der Waals surface area contributed by atoms with E-state index in [1.807, 2.05) is 32.9 Å². The van der Waals surface area contributed by atoms with Gasteiger partial charge in [0.2, 0.25) is 0 Å². The van der Waals surface area contributed by atoms with Crippen molar-refractivity contribution in [3.63, 3.8) is 0 Å². The topological polar surface area (TPSA) is 76.1 Å². The molecule has 2 aliphatic heterocycles. The first-order valence-electron chi connectivity index (χ1n) is 9.39. The number of hydrogen-bond acceptors (Lipinski definition) is 6. The van der Waals surface area contributed by atoms with Crippen molar-refractivity contribution in [2.45, 2.75) is 39.7 Å². The molecular weight excluding hydrogens is 374 g/mol. The van der Waals surface area contributed by atoms with E-state index >= 15 is 0 Å². The largest absolute Gasteiger partial charge is 0.348 e. The van der Waals surface area contributed by atoms with Gasteiger partial charge in [0, 0.05) is 18.4 Å². The lowest BCUT2D eigenvalue weighted by Gasteiger charge is -2.28. The van der Waals surface area contributed by atoms with E-state index in [0.717, 1.165) is 5.56 Å². The molecule has 0 spiro atoms. The molecule has 0 aliphatic carbocycles. The first kappa shape index (κ1) is 20.6. The summed E-state index contributed by atoms with van der Waals surface area (Å²) >= 11 is 0. The molecule has 2 aliphatic rings. The van der Waals surface area contributed by atoms with Gasteiger partial charge in [-0.25, -0.2) is 18.8 Å². The molecule has 0 aromatic heterocycles. The van der Waals surface area contributed by atoms with Gasteiger partial charge in [0.15, 0.2) is 11.5 Å². The maximum Gasteiger partial charge on any atom is 0.266 e. The van der Waals surface area contributed by atoms with E-state index in [1.54, 1.807) is 12.1 Å². The van der Waals surface area contributed by atoms with Crippen LogP contribution in [-0.4, -0.2) is 41.3 Å². The van der Waals surface area contributed by atoms with Gasteiger partial charge in [-0.05, 0) is 11.6 Å². The van der Waals surface area contributed by atoms with E-state index in [4.69, 9.17) is 0 Å². The van der Waals surface area contributed by atoms with Crippen molar-refractivity contribution in [3.05, 3.63) is 47.7 Å². The van der Waals surface area contributed by atoms with Crippen LogP contribution in [0.25, 0.3) is 0 Å². The summed E-state index contributed by atoms with van der Waals surface area (Å²) in [5.41, 5.74) is 4.59. The average Bonchev–Trinajstić information content (AvgIpc) is 3.02. The number of hydrazone groups is 1. The summed E-state index contributed by atoms with van der Waals surface area (Å²) in [6, 6.07) is 9.31. The average molecular weight is 398 g/mol. The van der Waals surface area contributed by atoms with Crippen LogP contribution in [0.2, 0.25) is 0 Å². The van der Waals surface area contributed by atoms with Gasteiger partial charge in [0.25, 0.3) is 5.92 Å². The Morgan fingerprint density at radius 1 is 1.31 bits per heavy atom. The third-order valence-electron chi connectivity index (χ3n) is 4.68. The third kappa shape index (κ3) is 4.67. The van der Waals surface area contributed by atoms with Gasteiger partial charge in [-0.15, -0.1) is 0 Å². The zero-order valence-electron chi connectivity index (χ0n) is 16.8. The Labute approximate surface area is 169 Å². The lowest BCUT2D eigenvalue weighted by atomic mass is 9.94. The Hall–Kier alpha value is -3.08. The number of nitrogens with one attached hydrogen (secondary N) is 1. The normalized spacial score (nSPS) is 20.3. The SMILES string of the molecule is C=C1N=C(C(C)(C)C)N=C(N2CCC(F)(F)C2)/C1=N/NCc1ccccc1C#N. The standard InChI is InChI=1S/C21H24F2N6/c1-14-17(28-25-12-16-8-6-5-7-15(16)11-24)18(27-19(26-14)20(2,3)4)29-10-9-21(22,23)13-29/h5-8,25H,1,9-10,12-13H2,2-4H3/b28-17+. The molecule has 3 rings (SSSR count). The molecule has 1 saturated heterocycles. The van der Waals surface area contributed by atoms with Crippen molar-refractivity contribution < 1.29 is 8.78 Å². The van der Waals surface area contributed by atoms with Crippen molar-refractivity contribution in [1.82, 2.24) is 10.3 Å². The zero-order valence-corrected chi connectivity index (χ0v) is 16.8. The summed E-state index contributed by atoms with van der Waals surface area (Å²) < 4.78 is 27.7. The highest BCUT2D eigenvalue weighted by Gasteiger charge is 2.42. The van der Waals surface area contributed by atoms with Crippen LogP contribution in [0.5, 0.6) is 0 Å². The molecule has 29 heavy (non-hydrogen) atoms. The summed E-state index contributed by atoms with van der Waals surface area (Å²) in [5.74, 6) is -1.88. The van der Waals surface area contributed by atoms with Gasteiger partial charge in [0.05, 0.1) is 30.4 Å². The minimum atomic E-state index is -2.76. The van der Waals surface area contributed by atoms with Gasteiger partial charge < -0.3 is 10.3 Å². The predicted molar refractivity (Wildman–Crippen MR) is 110 cm³/mol. The van der Waals surface area contributed by atoms with Crippen LogP contribution in [0.15, 0.2) is 51.6 Å². The monoisotopic (exact) mass is 398 g/mol. The van der Waals surface area contributed by atoms with E-state index in [2.05, 4.69) is 33.2 Å². The summed E-state index contributed by atoms with van der Waals surface area (Å²) in [4.78, 5) is 10.6. The van der Waals surface area contributed by atoms with Gasteiger partial charge >= 0.3 is 0 Å². The minimum absolute atomic E-state index is 0.187. The van der Waals surface area contributed by atoms with Crippen LogP contribution in [0.3, 0.4) is 0 Å². The highest BCUT2D eigenvalue weighted by Crippen LogP contribution is 2.30. The number of rotatable bonds is 3. The van der Waals surface area contributed by atoms with Crippen LogP contribution in [0.1, 0.15) is 38.3 Å². The third-order valence-corrected chi connectivity index (χ3v) is 4.68. The first-order valence-corrected chi connectivity index (χ1v) is 9.39. The number of nitrogens with zero attached hydrogens (tertiary/aromatic N) is 5. The van der Waals surface area contributed by atoms with Crippen LogP contribution in [0.4, 0.5) is 8.78 Å². The van der Waals surface area contributed by atoms with Crippen molar-refractivity contribution in [1.29, 1.82) is 5.26 Å². The fraction of sp³-hybridized carbons (Fsp3) is 0.429. The van der Waals surface area contributed by atoms with Crippen LogP contribution < -0.4 is 5.43 Å². The van der Waals surface area contributed by atoms with Crippen molar-refractivity contribution >= 4 is 17.4 Å². The van der Waals surface area contributed by atoms with Crippen molar-refractivity contribution in [3.8, 4) is 6.07 Å². The Morgan fingerprint density at radius 2 is 2.03 bits per heavy atom. The van der Waals surface area contributed by atoms with Crippen LogP contribution in [-0.2, 0) is 6.54 Å². The summed E-state index contributed by atoms with van der Waals surface area (Å²) in [7, 11) is 0. The van der Waals surface area contributed by atoms with Crippen molar-refractivity contribution in [2.24, 2.45) is 20.5 Å². The molecule has 0 bridgehead atoms. The molecule has 0 radical (unpaired) electrons. The molecule has 0 amide bonds.